The Balaban J connectivity index is 1.69. The SMILES string of the molecule is Fc1ccc(N2CCN(Cc3ccccc3)CC2)c(C(F)(F)F)c1. The summed E-state index contributed by atoms with van der Waals surface area (Å²) in [5.74, 6) is -0.867. The van der Waals surface area contributed by atoms with E-state index in [0.717, 1.165) is 12.6 Å². The smallest absolute Gasteiger partial charge is 0.368 e. The van der Waals surface area contributed by atoms with Gasteiger partial charge in [-0.2, -0.15) is 13.2 Å². The maximum atomic E-state index is 13.2. The molecule has 1 saturated heterocycles. The summed E-state index contributed by atoms with van der Waals surface area (Å²) in [6.45, 7) is 3.10. The molecule has 3 rings (SSSR count). The first-order valence-electron chi connectivity index (χ1n) is 7.81. The van der Waals surface area contributed by atoms with Gasteiger partial charge in [0.2, 0.25) is 0 Å². The first kappa shape index (κ1) is 16.8. The normalized spacial score (nSPS) is 16.4. The van der Waals surface area contributed by atoms with Crippen LogP contribution in [0.2, 0.25) is 0 Å². The second-order valence-corrected chi connectivity index (χ2v) is 5.91. The lowest BCUT2D eigenvalue weighted by atomic mass is 10.1. The molecule has 0 aliphatic carbocycles. The predicted octanol–water partition coefficient (Wildman–Crippen LogP) is 4.17. The van der Waals surface area contributed by atoms with Gasteiger partial charge >= 0.3 is 6.18 Å². The highest BCUT2D eigenvalue weighted by atomic mass is 19.4. The van der Waals surface area contributed by atoms with E-state index in [1.54, 1.807) is 4.90 Å². The second-order valence-electron chi connectivity index (χ2n) is 5.91. The highest BCUT2D eigenvalue weighted by molar-refractivity contribution is 5.55. The summed E-state index contributed by atoms with van der Waals surface area (Å²) >= 11 is 0. The van der Waals surface area contributed by atoms with E-state index in [0.29, 0.717) is 32.2 Å². The van der Waals surface area contributed by atoms with Gasteiger partial charge in [0.15, 0.2) is 0 Å². The maximum Gasteiger partial charge on any atom is 0.418 e. The van der Waals surface area contributed by atoms with Crippen molar-refractivity contribution in [1.29, 1.82) is 0 Å². The van der Waals surface area contributed by atoms with E-state index in [1.165, 1.54) is 11.6 Å². The Labute approximate surface area is 138 Å². The van der Waals surface area contributed by atoms with Crippen LogP contribution >= 0.6 is 0 Å². The lowest BCUT2D eigenvalue weighted by molar-refractivity contribution is -0.137. The topological polar surface area (TPSA) is 6.48 Å². The van der Waals surface area contributed by atoms with E-state index in [-0.39, 0.29) is 5.69 Å². The van der Waals surface area contributed by atoms with Crippen LogP contribution in [-0.4, -0.2) is 31.1 Å². The van der Waals surface area contributed by atoms with E-state index in [4.69, 9.17) is 0 Å². The number of hydrogen-bond donors (Lipinski definition) is 0. The molecule has 0 atom stereocenters. The van der Waals surface area contributed by atoms with Gasteiger partial charge < -0.3 is 4.90 Å². The molecule has 0 aromatic heterocycles. The molecule has 1 aliphatic heterocycles. The van der Waals surface area contributed by atoms with Gasteiger partial charge in [0.25, 0.3) is 0 Å². The van der Waals surface area contributed by atoms with Crippen molar-refractivity contribution in [2.45, 2.75) is 12.7 Å². The molecule has 0 spiro atoms. The average Bonchev–Trinajstić information content (AvgIpc) is 2.56. The molecule has 1 fully saturated rings. The van der Waals surface area contributed by atoms with Gasteiger partial charge in [0.05, 0.1) is 5.56 Å². The Bertz CT molecular complexity index is 677. The van der Waals surface area contributed by atoms with E-state index in [1.807, 2.05) is 30.3 Å². The summed E-state index contributed by atoms with van der Waals surface area (Å²) < 4.78 is 52.7. The molecule has 0 N–H and O–H groups in total. The third-order valence-electron chi connectivity index (χ3n) is 4.23. The Morgan fingerprint density at radius 3 is 2.17 bits per heavy atom. The first-order valence-corrected chi connectivity index (χ1v) is 7.81. The molecule has 0 unspecified atom stereocenters. The van der Waals surface area contributed by atoms with Crippen LogP contribution < -0.4 is 4.90 Å². The molecule has 1 aliphatic rings. The number of piperazine rings is 1. The number of anilines is 1. The van der Waals surface area contributed by atoms with Crippen LogP contribution in [0.5, 0.6) is 0 Å². The summed E-state index contributed by atoms with van der Waals surface area (Å²) in [6.07, 6.45) is -4.56. The Hall–Kier alpha value is -2.08. The summed E-state index contributed by atoms with van der Waals surface area (Å²) in [7, 11) is 0. The molecule has 2 aromatic carbocycles. The number of nitrogens with zero attached hydrogens (tertiary/aromatic N) is 2. The minimum Gasteiger partial charge on any atom is -0.368 e. The van der Waals surface area contributed by atoms with Crippen LogP contribution in [0.15, 0.2) is 48.5 Å². The minimum absolute atomic E-state index is 0.0586. The highest BCUT2D eigenvalue weighted by Crippen LogP contribution is 2.37. The molecular formula is C18H18F4N2. The second kappa shape index (κ2) is 6.81. The quantitative estimate of drug-likeness (QED) is 0.775. The van der Waals surface area contributed by atoms with E-state index < -0.39 is 17.6 Å². The highest BCUT2D eigenvalue weighted by Gasteiger charge is 2.36. The fourth-order valence-corrected chi connectivity index (χ4v) is 3.00. The Morgan fingerprint density at radius 1 is 0.875 bits per heavy atom. The zero-order valence-corrected chi connectivity index (χ0v) is 13.1. The van der Waals surface area contributed by atoms with Gasteiger partial charge in [-0.25, -0.2) is 4.39 Å². The van der Waals surface area contributed by atoms with Crippen LogP contribution in [0.1, 0.15) is 11.1 Å². The van der Waals surface area contributed by atoms with Crippen molar-refractivity contribution in [3.05, 3.63) is 65.5 Å². The lowest BCUT2D eigenvalue weighted by Gasteiger charge is -2.37. The molecule has 0 saturated carbocycles. The molecular weight excluding hydrogens is 320 g/mol. The molecule has 128 valence electrons. The van der Waals surface area contributed by atoms with E-state index in [9.17, 15) is 17.6 Å². The Kier molecular flexibility index (Phi) is 4.76. The van der Waals surface area contributed by atoms with Gasteiger partial charge in [0.1, 0.15) is 5.82 Å². The fourth-order valence-electron chi connectivity index (χ4n) is 3.00. The van der Waals surface area contributed by atoms with Crippen molar-refractivity contribution in [2.24, 2.45) is 0 Å². The predicted molar refractivity (Wildman–Crippen MR) is 85.3 cm³/mol. The Morgan fingerprint density at radius 2 is 1.54 bits per heavy atom. The van der Waals surface area contributed by atoms with Crippen LogP contribution in [0.4, 0.5) is 23.2 Å². The fraction of sp³-hybridized carbons (Fsp3) is 0.333. The minimum atomic E-state index is -4.56. The zero-order chi connectivity index (χ0) is 17.2. The van der Waals surface area contributed by atoms with Gasteiger partial charge in [-0.15, -0.1) is 0 Å². The number of rotatable bonds is 3. The number of halogens is 4. The monoisotopic (exact) mass is 338 g/mol. The van der Waals surface area contributed by atoms with Crippen molar-refractivity contribution < 1.29 is 17.6 Å². The van der Waals surface area contributed by atoms with Crippen LogP contribution in [0.3, 0.4) is 0 Å². The van der Waals surface area contributed by atoms with Gasteiger partial charge in [-0.05, 0) is 23.8 Å². The summed E-state index contributed by atoms with van der Waals surface area (Å²) in [6, 6.07) is 12.9. The molecule has 2 aromatic rings. The number of hydrogen-bond acceptors (Lipinski definition) is 2. The van der Waals surface area contributed by atoms with Crippen molar-refractivity contribution in [1.82, 2.24) is 4.90 Å². The number of alkyl halides is 3. The van der Waals surface area contributed by atoms with Crippen molar-refractivity contribution in [2.75, 3.05) is 31.1 Å². The molecule has 0 radical (unpaired) electrons. The van der Waals surface area contributed by atoms with E-state index >= 15 is 0 Å². The lowest BCUT2D eigenvalue weighted by Crippen LogP contribution is -2.46. The largest absolute Gasteiger partial charge is 0.418 e. The molecule has 0 bridgehead atoms. The molecule has 2 nitrogen and oxygen atoms in total. The van der Waals surface area contributed by atoms with Crippen molar-refractivity contribution in [3.63, 3.8) is 0 Å². The summed E-state index contributed by atoms with van der Waals surface area (Å²) in [5, 5.41) is 0. The maximum absolute atomic E-state index is 13.2. The van der Waals surface area contributed by atoms with Crippen molar-refractivity contribution >= 4 is 5.69 Å². The van der Waals surface area contributed by atoms with Gasteiger partial charge in [0, 0.05) is 38.4 Å². The zero-order valence-electron chi connectivity index (χ0n) is 13.1. The van der Waals surface area contributed by atoms with E-state index in [2.05, 4.69) is 4.90 Å². The standard InChI is InChI=1S/C18H18F4N2/c19-15-6-7-17(16(12-15)18(20,21)22)24-10-8-23(9-11-24)13-14-4-2-1-3-5-14/h1-7,12H,8-11,13H2. The van der Waals surface area contributed by atoms with Crippen LogP contribution in [-0.2, 0) is 12.7 Å². The van der Waals surface area contributed by atoms with Gasteiger partial charge in [-0.3, -0.25) is 4.90 Å². The third kappa shape index (κ3) is 3.87. The molecule has 1 heterocycles. The molecule has 24 heavy (non-hydrogen) atoms. The molecule has 0 amide bonds. The average molecular weight is 338 g/mol. The molecule has 6 heteroatoms. The third-order valence-corrected chi connectivity index (χ3v) is 4.23. The number of benzene rings is 2. The van der Waals surface area contributed by atoms with Crippen LogP contribution in [0, 0.1) is 5.82 Å². The summed E-state index contributed by atoms with van der Waals surface area (Å²) in [4.78, 5) is 3.90. The van der Waals surface area contributed by atoms with Crippen molar-refractivity contribution in [3.8, 4) is 0 Å². The first-order chi connectivity index (χ1) is 11.4. The van der Waals surface area contributed by atoms with Gasteiger partial charge in [-0.1, -0.05) is 30.3 Å². The summed E-state index contributed by atoms with van der Waals surface area (Å²) in [5.41, 5.74) is 0.339. The van der Waals surface area contributed by atoms with Crippen LogP contribution in [0.25, 0.3) is 0 Å².